The van der Waals surface area contributed by atoms with Gasteiger partial charge < -0.3 is 9.32 Å². The van der Waals surface area contributed by atoms with Crippen LogP contribution in [0.15, 0.2) is 33.6 Å². The van der Waals surface area contributed by atoms with Gasteiger partial charge in [-0.05, 0) is 31.4 Å². The molecule has 176 valence electrons. The van der Waals surface area contributed by atoms with E-state index in [1.807, 2.05) is 13.8 Å². The molecule has 1 aliphatic heterocycles. The summed E-state index contributed by atoms with van der Waals surface area (Å²) < 4.78 is 33.3. The Kier molecular flexibility index (Phi) is 5.82. The number of ketones is 2. The minimum Gasteiger partial charge on any atom is -0.455 e. The number of carbonyl (C=O) groups excluding carboxylic acids is 3. The number of amides is 1. The van der Waals surface area contributed by atoms with Crippen LogP contribution in [0.2, 0.25) is 0 Å². The molecule has 0 bridgehead atoms. The summed E-state index contributed by atoms with van der Waals surface area (Å²) in [6.45, 7) is 7.78. The number of hydrogen-bond donors (Lipinski definition) is 0. The molecule has 0 saturated carbocycles. The summed E-state index contributed by atoms with van der Waals surface area (Å²) in [4.78, 5) is 39.0. The minimum absolute atomic E-state index is 0.00902. The van der Waals surface area contributed by atoms with Crippen molar-refractivity contribution in [3.05, 3.63) is 52.5 Å². The number of sulfonamides is 1. The van der Waals surface area contributed by atoms with Gasteiger partial charge in [0.15, 0.2) is 17.3 Å². The van der Waals surface area contributed by atoms with E-state index < -0.39 is 10.0 Å². The summed E-state index contributed by atoms with van der Waals surface area (Å²) >= 11 is 0. The fourth-order valence-corrected chi connectivity index (χ4v) is 6.06. The lowest BCUT2D eigenvalue weighted by molar-refractivity contribution is 0.0660. The lowest BCUT2D eigenvalue weighted by Crippen LogP contribution is -2.50. The van der Waals surface area contributed by atoms with Gasteiger partial charge in [0.05, 0.1) is 10.5 Å². The van der Waals surface area contributed by atoms with Crippen molar-refractivity contribution in [2.75, 3.05) is 26.2 Å². The molecule has 1 aromatic heterocycles. The van der Waals surface area contributed by atoms with Crippen molar-refractivity contribution < 1.29 is 27.2 Å². The van der Waals surface area contributed by atoms with Gasteiger partial charge in [-0.2, -0.15) is 4.31 Å². The smallest absolute Gasteiger partial charge is 0.289 e. The predicted molar refractivity (Wildman–Crippen MR) is 121 cm³/mol. The van der Waals surface area contributed by atoms with Crippen molar-refractivity contribution in [1.29, 1.82) is 0 Å². The molecule has 2 aliphatic rings. The number of rotatable bonds is 4. The number of Topliss-reactive ketones (excluding diaryl/α,β-unsaturated/α-hetero) is 2. The van der Waals surface area contributed by atoms with Crippen LogP contribution in [0.1, 0.15) is 69.8 Å². The number of piperazine rings is 1. The van der Waals surface area contributed by atoms with E-state index in [9.17, 15) is 22.8 Å². The van der Waals surface area contributed by atoms with E-state index in [4.69, 9.17) is 4.42 Å². The highest BCUT2D eigenvalue weighted by molar-refractivity contribution is 7.89. The molecule has 1 fully saturated rings. The molecule has 2 heterocycles. The Balaban J connectivity index is 1.50. The Morgan fingerprint density at radius 1 is 1.06 bits per heavy atom. The first-order valence-electron chi connectivity index (χ1n) is 11.0. The second-order valence-electron chi connectivity index (χ2n) is 9.58. The summed E-state index contributed by atoms with van der Waals surface area (Å²) in [5, 5.41) is 0. The molecule has 0 radical (unpaired) electrons. The Morgan fingerprint density at radius 3 is 2.36 bits per heavy atom. The van der Waals surface area contributed by atoms with E-state index in [1.165, 1.54) is 23.4 Å². The number of hydrogen-bond acceptors (Lipinski definition) is 6. The van der Waals surface area contributed by atoms with Crippen molar-refractivity contribution in [3.63, 3.8) is 0 Å². The molecule has 2 aromatic rings. The highest BCUT2D eigenvalue weighted by atomic mass is 32.2. The Bertz CT molecular complexity index is 1250. The Labute approximate surface area is 193 Å². The number of furan rings is 1. The molecule has 1 aliphatic carbocycles. The summed E-state index contributed by atoms with van der Waals surface area (Å²) in [6.07, 6.45) is 1.00. The van der Waals surface area contributed by atoms with Gasteiger partial charge in [0.1, 0.15) is 5.76 Å². The molecule has 9 heteroatoms. The maximum atomic E-state index is 13.2. The Hall–Kier alpha value is -2.78. The molecule has 0 spiro atoms. The van der Waals surface area contributed by atoms with Gasteiger partial charge in [-0.15, -0.1) is 0 Å². The summed E-state index contributed by atoms with van der Waals surface area (Å²) in [7, 11) is -3.79. The predicted octanol–water partition coefficient (Wildman–Crippen LogP) is 3.09. The van der Waals surface area contributed by atoms with Gasteiger partial charge in [0.25, 0.3) is 5.91 Å². The maximum absolute atomic E-state index is 13.2. The van der Waals surface area contributed by atoms with Crippen LogP contribution in [0.4, 0.5) is 0 Å². The van der Waals surface area contributed by atoms with Crippen molar-refractivity contribution in [2.24, 2.45) is 5.41 Å². The van der Waals surface area contributed by atoms with E-state index in [0.717, 1.165) is 0 Å². The zero-order valence-corrected chi connectivity index (χ0v) is 20.1. The van der Waals surface area contributed by atoms with Crippen LogP contribution in [0.3, 0.4) is 0 Å². The number of benzene rings is 1. The van der Waals surface area contributed by atoms with Crippen molar-refractivity contribution in [3.8, 4) is 0 Å². The second-order valence-corrected chi connectivity index (χ2v) is 11.5. The van der Waals surface area contributed by atoms with Crippen LogP contribution < -0.4 is 0 Å². The SMILES string of the molecule is CC(=O)c1cccc(S(=O)(=O)N2CCN(C(=O)c3oc4c(c3C)C(=O)CC(C)(C)C4)CC2)c1. The van der Waals surface area contributed by atoms with E-state index >= 15 is 0 Å². The monoisotopic (exact) mass is 472 g/mol. The molecule has 1 aromatic carbocycles. The largest absolute Gasteiger partial charge is 0.455 e. The fraction of sp³-hybridized carbons (Fsp3) is 0.458. The van der Waals surface area contributed by atoms with Gasteiger partial charge in [-0.1, -0.05) is 26.0 Å². The van der Waals surface area contributed by atoms with Crippen molar-refractivity contribution >= 4 is 27.5 Å². The molecule has 0 unspecified atom stereocenters. The molecule has 0 atom stereocenters. The zero-order chi connectivity index (χ0) is 24.1. The van der Waals surface area contributed by atoms with Crippen LogP contribution in [0, 0.1) is 12.3 Å². The van der Waals surface area contributed by atoms with E-state index in [-0.39, 0.29) is 59.7 Å². The average Bonchev–Trinajstić information content (AvgIpc) is 3.08. The first kappa shape index (κ1) is 23.4. The van der Waals surface area contributed by atoms with Crippen LogP contribution in [-0.2, 0) is 16.4 Å². The third-order valence-electron chi connectivity index (χ3n) is 6.38. The number of fused-ring (bicyclic) bond motifs is 1. The lowest BCUT2D eigenvalue weighted by atomic mass is 9.76. The van der Waals surface area contributed by atoms with Gasteiger partial charge in [0, 0.05) is 50.1 Å². The second kappa shape index (κ2) is 8.22. The van der Waals surface area contributed by atoms with Crippen LogP contribution >= 0.6 is 0 Å². The highest BCUT2D eigenvalue weighted by Gasteiger charge is 2.38. The van der Waals surface area contributed by atoms with E-state index in [1.54, 1.807) is 24.0 Å². The molecule has 1 saturated heterocycles. The number of nitrogens with zero attached hydrogens (tertiary/aromatic N) is 2. The Morgan fingerprint density at radius 2 is 1.73 bits per heavy atom. The quantitative estimate of drug-likeness (QED) is 0.633. The van der Waals surface area contributed by atoms with Crippen LogP contribution in [0.25, 0.3) is 0 Å². The van der Waals surface area contributed by atoms with Crippen molar-refractivity contribution in [2.45, 2.75) is 45.4 Å². The third kappa shape index (κ3) is 4.27. The first-order valence-corrected chi connectivity index (χ1v) is 12.4. The molecular weight excluding hydrogens is 444 g/mol. The minimum atomic E-state index is -3.79. The van der Waals surface area contributed by atoms with Crippen LogP contribution in [-0.4, -0.2) is 61.3 Å². The average molecular weight is 473 g/mol. The van der Waals surface area contributed by atoms with Gasteiger partial charge in [-0.3, -0.25) is 14.4 Å². The normalized spacial score (nSPS) is 18.8. The van der Waals surface area contributed by atoms with Crippen LogP contribution in [0.5, 0.6) is 0 Å². The third-order valence-corrected chi connectivity index (χ3v) is 8.27. The zero-order valence-electron chi connectivity index (χ0n) is 19.3. The van der Waals surface area contributed by atoms with Gasteiger partial charge in [0.2, 0.25) is 10.0 Å². The van der Waals surface area contributed by atoms with E-state index in [2.05, 4.69) is 0 Å². The highest BCUT2D eigenvalue weighted by Crippen LogP contribution is 2.38. The molecule has 8 nitrogen and oxygen atoms in total. The van der Waals surface area contributed by atoms with Gasteiger partial charge >= 0.3 is 0 Å². The maximum Gasteiger partial charge on any atom is 0.289 e. The summed E-state index contributed by atoms with van der Waals surface area (Å²) in [5.41, 5.74) is 1.20. The topological polar surface area (TPSA) is 105 Å². The number of carbonyl (C=O) groups is 3. The van der Waals surface area contributed by atoms with Gasteiger partial charge in [-0.25, -0.2) is 8.42 Å². The van der Waals surface area contributed by atoms with Crippen molar-refractivity contribution in [1.82, 2.24) is 9.21 Å². The molecule has 33 heavy (non-hydrogen) atoms. The molecular formula is C24H28N2O6S. The fourth-order valence-electron chi connectivity index (χ4n) is 4.59. The molecule has 0 N–H and O–H groups in total. The standard InChI is InChI=1S/C24H28N2O6S/c1-15-21-19(28)13-24(3,4)14-20(21)32-22(15)23(29)25-8-10-26(11-9-25)33(30,31)18-7-5-6-17(12-18)16(2)27/h5-7,12H,8-11,13-14H2,1-4H3. The first-order chi connectivity index (χ1) is 15.4. The molecule has 4 rings (SSSR count). The molecule has 1 amide bonds. The summed E-state index contributed by atoms with van der Waals surface area (Å²) in [5.74, 6) is 0.175. The lowest BCUT2D eigenvalue weighted by Gasteiger charge is -2.33. The summed E-state index contributed by atoms with van der Waals surface area (Å²) in [6, 6.07) is 5.97. The van der Waals surface area contributed by atoms with E-state index in [0.29, 0.717) is 35.3 Å².